The van der Waals surface area contributed by atoms with Crippen molar-refractivity contribution in [1.29, 1.82) is 0 Å². The number of nitrogens with zero attached hydrogens (tertiary/aromatic N) is 1. The van der Waals surface area contributed by atoms with Crippen molar-refractivity contribution >= 4 is 32.9 Å². The Balaban J connectivity index is 2.55. The lowest BCUT2D eigenvalue weighted by atomic mass is 10.0. The van der Waals surface area contributed by atoms with Crippen LogP contribution < -0.4 is 0 Å². The van der Waals surface area contributed by atoms with Gasteiger partial charge in [0.05, 0.1) is 5.69 Å². The van der Waals surface area contributed by atoms with Crippen molar-refractivity contribution in [1.82, 2.24) is 0 Å². The van der Waals surface area contributed by atoms with E-state index in [1.807, 2.05) is 6.92 Å². The quantitative estimate of drug-likeness (QED) is 0.659. The second-order valence-corrected chi connectivity index (χ2v) is 3.72. The smallest absolute Gasteiger partial charge is 0.0714 e. The fourth-order valence-electron chi connectivity index (χ4n) is 1.45. The highest BCUT2D eigenvalue weighted by atomic mass is 79.9. The Morgan fingerprint density at radius 1 is 1.46 bits per heavy atom. The van der Waals surface area contributed by atoms with Gasteiger partial charge in [0.25, 0.3) is 0 Å². The minimum atomic E-state index is 0.876. The summed E-state index contributed by atoms with van der Waals surface area (Å²) in [5.41, 5.74) is 5.56. The Morgan fingerprint density at radius 3 is 2.92 bits per heavy atom. The topological polar surface area (TPSA) is 12.4 Å². The van der Waals surface area contributed by atoms with E-state index in [-0.39, 0.29) is 0 Å². The van der Waals surface area contributed by atoms with E-state index in [1.54, 1.807) is 0 Å². The van der Waals surface area contributed by atoms with Crippen LogP contribution in [0.1, 0.15) is 18.1 Å². The standard InChI is InChI=1S/C11H10BrN/c1-7-8(2)13-11-5-9(6-12)3-4-10(7)11/h3-5H,1,6H2,2H3. The van der Waals surface area contributed by atoms with E-state index < -0.39 is 0 Å². The van der Waals surface area contributed by atoms with E-state index in [2.05, 4.69) is 45.7 Å². The molecule has 2 rings (SSSR count). The molecule has 66 valence electrons. The van der Waals surface area contributed by atoms with Crippen LogP contribution in [-0.4, -0.2) is 5.71 Å². The van der Waals surface area contributed by atoms with Crippen LogP contribution in [-0.2, 0) is 5.33 Å². The monoisotopic (exact) mass is 235 g/mol. The van der Waals surface area contributed by atoms with Crippen LogP contribution in [0, 0.1) is 0 Å². The van der Waals surface area contributed by atoms with E-state index >= 15 is 0 Å². The predicted octanol–water partition coefficient (Wildman–Crippen LogP) is 3.70. The molecular weight excluding hydrogens is 226 g/mol. The molecule has 0 N–H and O–H groups in total. The maximum absolute atomic E-state index is 4.44. The lowest BCUT2D eigenvalue weighted by Crippen LogP contribution is -1.86. The van der Waals surface area contributed by atoms with Crippen LogP contribution in [0.15, 0.2) is 29.8 Å². The summed E-state index contributed by atoms with van der Waals surface area (Å²) >= 11 is 3.43. The molecule has 0 fully saturated rings. The van der Waals surface area contributed by atoms with Crippen LogP contribution >= 0.6 is 15.9 Å². The fourth-order valence-corrected chi connectivity index (χ4v) is 1.80. The SMILES string of the molecule is C=C1C(C)=Nc2cc(CBr)ccc21. The first kappa shape index (κ1) is 8.70. The Morgan fingerprint density at radius 2 is 2.23 bits per heavy atom. The first-order valence-electron chi connectivity index (χ1n) is 4.16. The van der Waals surface area contributed by atoms with Gasteiger partial charge in [0, 0.05) is 16.6 Å². The normalized spacial score (nSPS) is 14.3. The number of halogens is 1. The number of rotatable bonds is 1. The number of hydrogen-bond donors (Lipinski definition) is 0. The largest absolute Gasteiger partial charge is 0.252 e. The molecule has 0 bridgehead atoms. The van der Waals surface area contributed by atoms with E-state index in [0.717, 1.165) is 22.3 Å². The average Bonchev–Trinajstić information content (AvgIpc) is 2.42. The molecule has 0 amide bonds. The van der Waals surface area contributed by atoms with Gasteiger partial charge >= 0.3 is 0 Å². The molecule has 2 heteroatoms. The van der Waals surface area contributed by atoms with Crippen molar-refractivity contribution in [3.05, 3.63) is 35.9 Å². The highest BCUT2D eigenvalue weighted by molar-refractivity contribution is 9.08. The first-order chi connectivity index (χ1) is 6.22. The molecule has 1 nitrogen and oxygen atoms in total. The number of hydrogen-bond acceptors (Lipinski definition) is 1. The molecule has 1 heterocycles. The van der Waals surface area contributed by atoms with Crippen LogP contribution in [0.5, 0.6) is 0 Å². The average molecular weight is 236 g/mol. The maximum atomic E-state index is 4.44. The van der Waals surface area contributed by atoms with Crippen LogP contribution in [0.25, 0.3) is 5.57 Å². The number of fused-ring (bicyclic) bond motifs is 1. The van der Waals surface area contributed by atoms with Gasteiger partial charge in [0.15, 0.2) is 0 Å². The lowest BCUT2D eigenvalue weighted by molar-refractivity contribution is 1.41. The molecule has 1 aromatic carbocycles. The summed E-state index contributed by atoms with van der Waals surface area (Å²) in [5, 5.41) is 0.876. The van der Waals surface area contributed by atoms with Gasteiger partial charge in [-0.3, -0.25) is 4.99 Å². The Labute approximate surface area is 86.3 Å². The van der Waals surface area contributed by atoms with Gasteiger partial charge in [-0.2, -0.15) is 0 Å². The van der Waals surface area contributed by atoms with Crippen LogP contribution in [0.2, 0.25) is 0 Å². The van der Waals surface area contributed by atoms with Gasteiger partial charge in [-0.05, 0) is 24.1 Å². The number of alkyl halides is 1. The molecule has 0 unspecified atom stereocenters. The van der Waals surface area contributed by atoms with Gasteiger partial charge in [-0.1, -0.05) is 34.6 Å². The van der Waals surface area contributed by atoms with Gasteiger partial charge in [-0.15, -0.1) is 0 Å². The first-order valence-corrected chi connectivity index (χ1v) is 5.28. The Hall–Kier alpha value is -0.890. The predicted molar refractivity (Wildman–Crippen MR) is 60.9 cm³/mol. The van der Waals surface area contributed by atoms with Crippen molar-refractivity contribution in [3.63, 3.8) is 0 Å². The Kier molecular flexibility index (Phi) is 2.08. The van der Waals surface area contributed by atoms with Crippen molar-refractivity contribution in [3.8, 4) is 0 Å². The second-order valence-electron chi connectivity index (χ2n) is 3.16. The fraction of sp³-hybridized carbons (Fsp3) is 0.182. The summed E-state index contributed by atoms with van der Waals surface area (Å²) in [6.07, 6.45) is 0. The van der Waals surface area contributed by atoms with Crippen LogP contribution in [0.3, 0.4) is 0 Å². The van der Waals surface area contributed by atoms with Crippen molar-refractivity contribution < 1.29 is 0 Å². The number of aliphatic imine (C=N–C) groups is 1. The molecular formula is C11H10BrN. The van der Waals surface area contributed by atoms with E-state index in [1.165, 1.54) is 11.1 Å². The minimum absolute atomic E-state index is 0.876. The summed E-state index contributed by atoms with van der Waals surface area (Å²) < 4.78 is 0. The molecule has 1 aliphatic heterocycles. The van der Waals surface area contributed by atoms with Gasteiger partial charge in [0.2, 0.25) is 0 Å². The molecule has 0 spiro atoms. The zero-order valence-electron chi connectivity index (χ0n) is 7.47. The molecule has 0 aromatic heterocycles. The van der Waals surface area contributed by atoms with Gasteiger partial charge in [-0.25, -0.2) is 0 Å². The van der Waals surface area contributed by atoms with E-state index in [9.17, 15) is 0 Å². The highest BCUT2D eigenvalue weighted by Gasteiger charge is 2.15. The third-order valence-corrected chi connectivity index (χ3v) is 2.91. The third kappa shape index (κ3) is 1.35. The van der Waals surface area contributed by atoms with Gasteiger partial charge in [0.1, 0.15) is 0 Å². The molecule has 0 saturated heterocycles. The van der Waals surface area contributed by atoms with Crippen LogP contribution in [0.4, 0.5) is 5.69 Å². The molecule has 1 aliphatic rings. The summed E-state index contributed by atoms with van der Waals surface area (Å²) in [4.78, 5) is 4.44. The number of benzene rings is 1. The third-order valence-electron chi connectivity index (χ3n) is 2.27. The highest BCUT2D eigenvalue weighted by Crippen LogP contribution is 2.34. The molecule has 1 aromatic rings. The summed E-state index contributed by atoms with van der Waals surface area (Å²) in [6, 6.07) is 6.30. The van der Waals surface area contributed by atoms with E-state index in [0.29, 0.717) is 0 Å². The lowest BCUT2D eigenvalue weighted by Gasteiger charge is -2.00. The van der Waals surface area contributed by atoms with E-state index in [4.69, 9.17) is 0 Å². The number of allylic oxidation sites excluding steroid dienone is 1. The minimum Gasteiger partial charge on any atom is -0.252 e. The molecule has 0 radical (unpaired) electrons. The summed E-state index contributed by atoms with van der Waals surface area (Å²) in [5.74, 6) is 0. The second kappa shape index (κ2) is 3.11. The molecule has 0 atom stereocenters. The Bertz CT molecular complexity index is 405. The zero-order valence-corrected chi connectivity index (χ0v) is 9.06. The summed E-state index contributed by atoms with van der Waals surface area (Å²) in [7, 11) is 0. The van der Waals surface area contributed by atoms with Crippen molar-refractivity contribution in [2.24, 2.45) is 4.99 Å². The maximum Gasteiger partial charge on any atom is 0.0714 e. The van der Waals surface area contributed by atoms with Gasteiger partial charge < -0.3 is 0 Å². The summed E-state index contributed by atoms with van der Waals surface area (Å²) in [6.45, 7) is 5.99. The van der Waals surface area contributed by atoms with Crippen molar-refractivity contribution in [2.45, 2.75) is 12.3 Å². The zero-order chi connectivity index (χ0) is 9.42. The van der Waals surface area contributed by atoms with Crippen molar-refractivity contribution in [2.75, 3.05) is 0 Å². The molecule has 0 saturated carbocycles. The molecule has 13 heavy (non-hydrogen) atoms. The molecule has 0 aliphatic carbocycles.